The Morgan fingerprint density at radius 1 is 1.14 bits per heavy atom. The molecule has 7 nitrogen and oxygen atoms in total. The summed E-state index contributed by atoms with van der Waals surface area (Å²) in [4.78, 5) is 19.5. The Kier molecular flexibility index (Phi) is 5.09. The van der Waals surface area contributed by atoms with Crippen molar-refractivity contribution in [3.8, 4) is 17.2 Å². The van der Waals surface area contributed by atoms with Gasteiger partial charge in [-0.3, -0.25) is 15.1 Å². The second-order valence-electron chi connectivity index (χ2n) is 6.13. The van der Waals surface area contributed by atoms with Crippen LogP contribution in [0, 0.1) is 10.1 Å². The molecule has 0 aliphatic heterocycles. The molecule has 0 saturated carbocycles. The van der Waals surface area contributed by atoms with Gasteiger partial charge in [0.05, 0.1) is 22.2 Å². The van der Waals surface area contributed by atoms with E-state index in [0.29, 0.717) is 32.7 Å². The van der Waals surface area contributed by atoms with Crippen LogP contribution < -0.4 is 4.74 Å². The van der Waals surface area contributed by atoms with E-state index < -0.39 is 4.92 Å². The number of halogens is 1. The van der Waals surface area contributed by atoms with E-state index in [9.17, 15) is 10.1 Å². The fourth-order valence-electron chi connectivity index (χ4n) is 2.75. The molecule has 0 spiro atoms. The molecule has 0 N–H and O–H groups in total. The molecule has 1 aromatic heterocycles. The molecular formula is C21H14BrN3O4. The molecule has 0 unspecified atom stereocenters. The molecule has 0 fully saturated rings. The Morgan fingerprint density at radius 2 is 1.93 bits per heavy atom. The number of nitro benzene ring substituents is 1. The van der Waals surface area contributed by atoms with Crippen LogP contribution in [0.2, 0.25) is 0 Å². The Hall–Kier alpha value is -3.52. The largest absolute Gasteiger partial charge is 0.497 e. The van der Waals surface area contributed by atoms with Gasteiger partial charge < -0.3 is 9.15 Å². The Balaban J connectivity index is 1.61. The first-order valence-electron chi connectivity index (χ1n) is 8.56. The summed E-state index contributed by atoms with van der Waals surface area (Å²) < 4.78 is 11.5. The maximum Gasteiger partial charge on any atom is 0.284 e. The first-order valence-corrected chi connectivity index (χ1v) is 9.36. The van der Waals surface area contributed by atoms with Gasteiger partial charge in [0.25, 0.3) is 5.69 Å². The normalized spacial score (nSPS) is 11.2. The number of benzene rings is 3. The van der Waals surface area contributed by atoms with Gasteiger partial charge in [-0.05, 0) is 64.0 Å². The molecule has 0 aliphatic carbocycles. The summed E-state index contributed by atoms with van der Waals surface area (Å²) in [5.74, 6) is 1.27. The van der Waals surface area contributed by atoms with Crippen molar-refractivity contribution >= 4 is 44.6 Å². The number of nitrogens with zero attached hydrogens (tertiary/aromatic N) is 3. The number of hydrogen-bond donors (Lipinski definition) is 0. The topological polar surface area (TPSA) is 90.8 Å². The van der Waals surface area contributed by atoms with E-state index in [4.69, 9.17) is 9.15 Å². The highest BCUT2D eigenvalue weighted by molar-refractivity contribution is 9.10. The van der Waals surface area contributed by atoms with Gasteiger partial charge in [-0.25, -0.2) is 4.98 Å². The smallest absolute Gasteiger partial charge is 0.284 e. The zero-order valence-corrected chi connectivity index (χ0v) is 16.8. The Morgan fingerprint density at radius 3 is 2.66 bits per heavy atom. The zero-order chi connectivity index (χ0) is 20.4. The molecule has 0 radical (unpaired) electrons. The summed E-state index contributed by atoms with van der Waals surface area (Å²) in [5.41, 5.74) is 3.43. The van der Waals surface area contributed by atoms with E-state index in [-0.39, 0.29) is 5.69 Å². The van der Waals surface area contributed by atoms with Crippen LogP contribution in [0.5, 0.6) is 5.75 Å². The lowest BCUT2D eigenvalue weighted by Gasteiger charge is -1.99. The molecule has 29 heavy (non-hydrogen) atoms. The van der Waals surface area contributed by atoms with Crippen molar-refractivity contribution in [2.45, 2.75) is 0 Å². The zero-order valence-electron chi connectivity index (χ0n) is 15.2. The molecule has 8 heteroatoms. The highest BCUT2D eigenvalue weighted by Gasteiger charge is 2.12. The average Bonchev–Trinajstić information content (AvgIpc) is 3.16. The third kappa shape index (κ3) is 4.02. The summed E-state index contributed by atoms with van der Waals surface area (Å²) >= 11 is 3.17. The van der Waals surface area contributed by atoms with E-state index in [1.54, 1.807) is 31.5 Å². The molecule has 0 atom stereocenters. The average molecular weight is 452 g/mol. The number of rotatable bonds is 5. The SMILES string of the molecule is COc1ccc(-c2nc3ccc(N=Cc4ccc(Br)c([N+](=O)[O-])c4)cc3o2)cc1. The first-order chi connectivity index (χ1) is 14.0. The van der Waals surface area contributed by atoms with E-state index in [1.807, 2.05) is 36.4 Å². The molecule has 1 heterocycles. The van der Waals surface area contributed by atoms with Crippen LogP contribution in [0.15, 0.2) is 74.5 Å². The van der Waals surface area contributed by atoms with Gasteiger partial charge in [0, 0.05) is 23.9 Å². The second-order valence-corrected chi connectivity index (χ2v) is 6.98. The molecule has 4 rings (SSSR count). The van der Waals surface area contributed by atoms with Crippen LogP contribution in [0.3, 0.4) is 0 Å². The fourth-order valence-corrected chi connectivity index (χ4v) is 3.14. The standard InChI is InChI=1S/C21H14BrN3O4/c1-28-16-6-3-14(4-7-16)21-24-18-9-5-15(11-20(18)29-21)23-12-13-2-8-17(22)19(10-13)25(26)27/h2-12H,1H3. The summed E-state index contributed by atoms with van der Waals surface area (Å²) in [6, 6.07) is 17.7. The molecule has 3 aromatic carbocycles. The van der Waals surface area contributed by atoms with Crippen LogP contribution >= 0.6 is 15.9 Å². The van der Waals surface area contributed by atoms with Crippen LogP contribution in [-0.2, 0) is 0 Å². The predicted molar refractivity (Wildman–Crippen MR) is 114 cm³/mol. The van der Waals surface area contributed by atoms with Gasteiger partial charge in [-0.1, -0.05) is 6.07 Å². The minimum Gasteiger partial charge on any atom is -0.497 e. The van der Waals surface area contributed by atoms with Crippen LogP contribution in [-0.4, -0.2) is 23.2 Å². The lowest BCUT2D eigenvalue weighted by atomic mass is 10.2. The van der Waals surface area contributed by atoms with Crippen LogP contribution in [0.4, 0.5) is 11.4 Å². The minimum absolute atomic E-state index is 0.0104. The Labute approximate surface area is 174 Å². The van der Waals surface area contributed by atoms with Gasteiger partial charge in [0.1, 0.15) is 11.3 Å². The molecule has 0 saturated heterocycles. The van der Waals surface area contributed by atoms with Crippen molar-refractivity contribution in [2.24, 2.45) is 4.99 Å². The lowest BCUT2D eigenvalue weighted by Crippen LogP contribution is -1.91. The van der Waals surface area contributed by atoms with Crippen LogP contribution in [0.1, 0.15) is 5.56 Å². The van der Waals surface area contributed by atoms with Gasteiger partial charge in [0.2, 0.25) is 5.89 Å². The second kappa shape index (κ2) is 7.84. The molecular weight excluding hydrogens is 438 g/mol. The number of methoxy groups -OCH3 is 1. The third-order valence-corrected chi connectivity index (χ3v) is 4.91. The van der Waals surface area contributed by atoms with E-state index in [0.717, 1.165) is 11.3 Å². The van der Waals surface area contributed by atoms with Crippen molar-refractivity contribution in [2.75, 3.05) is 7.11 Å². The monoisotopic (exact) mass is 451 g/mol. The minimum atomic E-state index is -0.442. The fraction of sp³-hybridized carbons (Fsp3) is 0.0476. The van der Waals surface area contributed by atoms with Gasteiger partial charge in [-0.2, -0.15) is 0 Å². The number of ether oxygens (including phenoxy) is 1. The molecule has 4 aromatic rings. The number of oxazole rings is 1. The Bertz CT molecular complexity index is 1230. The number of aliphatic imine (C=N–C) groups is 1. The number of fused-ring (bicyclic) bond motifs is 1. The molecule has 0 amide bonds. The molecule has 0 aliphatic rings. The van der Waals surface area contributed by atoms with Crippen molar-refractivity contribution in [1.82, 2.24) is 4.98 Å². The lowest BCUT2D eigenvalue weighted by molar-refractivity contribution is -0.385. The number of hydrogen-bond acceptors (Lipinski definition) is 6. The first kappa shape index (κ1) is 18.8. The van der Waals surface area contributed by atoms with Crippen molar-refractivity contribution < 1.29 is 14.1 Å². The van der Waals surface area contributed by atoms with E-state index in [2.05, 4.69) is 25.9 Å². The van der Waals surface area contributed by atoms with E-state index >= 15 is 0 Å². The quantitative estimate of drug-likeness (QED) is 0.213. The van der Waals surface area contributed by atoms with Crippen molar-refractivity contribution in [3.05, 3.63) is 80.8 Å². The highest BCUT2D eigenvalue weighted by Crippen LogP contribution is 2.29. The van der Waals surface area contributed by atoms with Crippen molar-refractivity contribution in [1.29, 1.82) is 0 Å². The summed E-state index contributed by atoms with van der Waals surface area (Å²) in [7, 11) is 1.61. The predicted octanol–water partition coefficient (Wildman–Crippen LogP) is 5.92. The summed E-state index contributed by atoms with van der Waals surface area (Å²) in [6.45, 7) is 0. The van der Waals surface area contributed by atoms with Crippen molar-refractivity contribution in [3.63, 3.8) is 0 Å². The molecule has 144 valence electrons. The van der Waals surface area contributed by atoms with Crippen LogP contribution in [0.25, 0.3) is 22.6 Å². The number of nitro groups is 1. The van der Waals surface area contributed by atoms with Gasteiger partial charge in [0.15, 0.2) is 5.58 Å². The molecule has 0 bridgehead atoms. The van der Waals surface area contributed by atoms with Gasteiger partial charge in [-0.15, -0.1) is 0 Å². The van der Waals surface area contributed by atoms with E-state index in [1.165, 1.54) is 6.07 Å². The third-order valence-electron chi connectivity index (χ3n) is 4.24. The number of aromatic nitrogens is 1. The van der Waals surface area contributed by atoms with Gasteiger partial charge >= 0.3 is 0 Å². The summed E-state index contributed by atoms with van der Waals surface area (Å²) in [5, 5.41) is 11.1. The highest BCUT2D eigenvalue weighted by atomic mass is 79.9. The maximum atomic E-state index is 11.1. The maximum absolute atomic E-state index is 11.1. The summed E-state index contributed by atoms with van der Waals surface area (Å²) in [6.07, 6.45) is 1.57.